The van der Waals surface area contributed by atoms with Gasteiger partial charge in [0.25, 0.3) is 5.91 Å². The third kappa shape index (κ3) is 3.85. The van der Waals surface area contributed by atoms with Crippen LogP contribution in [0.15, 0.2) is 29.1 Å². The molecule has 1 aromatic carbocycles. The average molecular weight is 371 g/mol. The second kappa shape index (κ2) is 7.56. The number of rotatable bonds is 6. The Morgan fingerprint density at radius 2 is 2.00 bits per heavy atom. The third-order valence-corrected chi connectivity index (χ3v) is 3.54. The van der Waals surface area contributed by atoms with Gasteiger partial charge in [-0.2, -0.15) is 23.0 Å². The van der Waals surface area contributed by atoms with Gasteiger partial charge >= 0.3 is 6.18 Å². The van der Waals surface area contributed by atoms with E-state index in [4.69, 9.17) is 15.2 Å². The van der Waals surface area contributed by atoms with Crippen LogP contribution in [-0.2, 0) is 17.3 Å². The smallest absolute Gasteiger partial charge is 0.416 e. The molecule has 10 heteroatoms. The second-order valence-electron chi connectivity index (χ2n) is 5.23. The summed E-state index contributed by atoms with van der Waals surface area (Å²) in [5.41, 5.74) is 2.89. The molecule has 0 saturated heterocycles. The Kier molecular flexibility index (Phi) is 5.66. The van der Waals surface area contributed by atoms with E-state index in [1.807, 2.05) is 0 Å². The van der Waals surface area contributed by atoms with Gasteiger partial charge in [0.2, 0.25) is 11.3 Å². The number of carbonyl (C=O) groups is 1. The first-order valence-electron chi connectivity index (χ1n) is 7.37. The number of ether oxygens (including phenoxy) is 2. The van der Waals surface area contributed by atoms with E-state index in [0.29, 0.717) is 0 Å². The number of nitrogens with zero attached hydrogens (tertiary/aromatic N) is 2. The molecule has 0 atom stereocenters. The van der Waals surface area contributed by atoms with E-state index in [2.05, 4.69) is 5.10 Å². The highest BCUT2D eigenvalue weighted by molar-refractivity contribution is 5.90. The average Bonchev–Trinajstić information content (AvgIpc) is 2.59. The molecular formula is C16H16F3N3O4. The van der Waals surface area contributed by atoms with Gasteiger partial charge in [-0.15, -0.1) is 0 Å². The second-order valence-corrected chi connectivity index (χ2v) is 5.23. The summed E-state index contributed by atoms with van der Waals surface area (Å²) in [5.74, 6) is -1.20. The number of hydrogen-bond acceptors (Lipinski definition) is 5. The molecular weight excluding hydrogens is 355 g/mol. The number of aromatic nitrogens is 2. The molecule has 1 heterocycles. The molecule has 0 aliphatic rings. The van der Waals surface area contributed by atoms with E-state index in [0.717, 1.165) is 16.8 Å². The topological polar surface area (TPSA) is 96.4 Å². The van der Waals surface area contributed by atoms with Crippen LogP contribution in [0.25, 0.3) is 5.69 Å². The highest BCUT2D eigenvalue weighted by atomic mass is 19.4. The van der Waals surface area contributed by atoms with Crippen LogP contribution in [0.2, 0.25) is 0 Å². The van der Waals surface area contributed by atoms with Crippen molar-refractivity contribution in [1.82, 2.24) is 9.78 Å². The van der Waals surface area contributed by atoms with Crippen molar-refractivity contribution in [2.75, 3.05) is 20.8 Å². The predicted molar refractivity (Wildman–Crippen MR) is 85.5 cm³/mol. The number of methoxy groups -OCH3 is 2. The minimum atomic E-state index is -4.58. The Morgan fingerprint density at radius 3 is 2.54 bits per heavy atom. The molecule has 2 rings (SSSR count). The number of hydrogen-bond donors (Lipinski definition) is 1. The Balaban J connectivity index is 2.77. The Hall–Kier alpha value is -2.88. The summed E-state index contributed by atoms with van der Waals surface area (Å²) in [5, 5.41) is 3.80. The maximum atomic E-state index is 13.0. The standard InChI is InChI=1S/C16H16F3N3O4/c1-25-7-6-11-13(23)12(14(20)24)21-22(15(11)26-2)10-5-3-4-9(8-10)16(17,18)19/h3-5,8H,6-7H2,1-2H3,(H2,20,24). The van der Waals surface area contributed by atoms with Gasteiger partial charge in [0.15, 0.2) is 5.69 Å². The molecule has 0 aliphatic carbocycles. The van der Waals surface area contributed by atoms with Gasteiger partial charge in [0.1, 0.15) is 0 Å². The van der Waals surface area contributed by atoms with E-state index < -0.39 is 28.8 Å². The fraction of sp³-hybridized carbons (Fsp3) is 0.312. The minimum absolute atomic E-state index is 0.0237. The van der Waals surface area contributed by atoms with Gasteiger partial charge in [-0.1, -0.05) is 6.07 Å². The van der Waals surface area contributed by atoms with E-state index in [-0.39, 0.29) is 30.2 Å². The van der Waals surface area contributed by atoms with Crippen LogP contribution in [0.5, 0.6) is 5.88 Å². The number of carbonyl (C=O) groups excluding carboxylic acids is 1. The molecule has 0 radical (unpaired) electrons. The molecule has 0 aliphatic heterocycles. The first kappa shape index (κ1) is 19.4. The SMILES string of the molecule is COCCc1c(OC)n(-c2cccc(C(F)(F)F)c2)nc(C(N)=O)c1=O. The van der Waals surface area contributed by atoms with Crippen molar-refractivity contribution >= 4 is 5.91 Å². The van der Waals surface area contributed by atoms with E-state index in [9.17, 15) is 22.8 Å². The molecule has 0 fully saturated rings. The lowest BCUT2D eigenvalue weighted by Crippen LogP contribution is -2.30. The van der Waals surface area contributed by atoms with Gasteiger partial charge in [0.05, 0.1) is 30.5 Å². The van der Waals surface area contributed by atoms with Crippen molar-refractivity contribution in [1.29, 1.82) is 0 Å². The Bertz CT molecular complexity index is 878. The fourth-order valence-electron chi connectivity index (χ4n) is 2.34. The Morgan fingerprint density at radius 1 is 1.31 bits per heavy atom. The lowest BCUT2D eigenvalue weighted by molar-refractivity contribution is -0.137. The molecule has 0 unspecified atom stereocenters. The lowest BCUT2D eigenvalue weighted by Gasteiger charge is -2.17. The lowest BCUT2D eigenvalue weighted by atomic mass is 10.1. The largest absolute Gasteiger partial charge is 0.481 e. The molecule has 0 saturated carbocycles. The number of benzene rings is 1. The highest BCUT2D eigenvalue weighted by Crippen LogP contribution is 2.31. The van der Waals surface area contributed by atoms with Gasteiger partial charge in [-0.3, -0.25) is 9.59 Å². The maximum Gasteiger partial charge on any atom is 0.416 e. The molecule has 0 bridgehead atoms. The molecule has 26 heavy (non-hydrogen) atoms. The number of primary amides is 1. The summed E-state index contributed by atoms with van der Waals surface area (Å²) in [6.07, 6.45) is -4.52. The Labute approximate surface area is 146 Å². The van der Waals surface area contributed by atoms with Crippen molar-refractivity contribution in [3.8, 4) is 11.6 Å². The van der Waals surface area contributed by atoms with Crippen LogP contribution in [0.4, 0.5) is 13.2 Å². The molecule has 1 amide bonds. The van der Waals surface area contributed by atoms with Crippen LogP contribution >= 0.6 is 0 Å². The number of nitrogens with two attached hydrogens (primary N) is 1. The molecule has 0 spiro atoms. The number of alkyl halides is 3. The summed E-state index contributed by atoms with van der Waals surface area (Å²) in [6, 6.07) is 4.22. The number of amides is 1. The normalized spacial score (nSPS) is 11.4. The maximum absolute atomic E-state index is 13.0. The van der Waals surface area contributed by atoms with Gasteiger partial charge in [0, 0.05) is 13.5 Å². The molecule has 2 N–H and O–H groups in total. The first-order chi connectivity index (χ1) is 12.2. The summed E-state index contributed by atoms with van der Waals surface area (Å²) in [6.45, 7) is 0.121. The van der Waals surface area contributed by atoms with E-state index >= 15 is 0 Å². The number of halogens is 3. The zero-order chi connectivity index (χ0) is 19.5. The van der Waals surface area contributed by atoms with Gasteiger partial charge < -0.3 is 15.2 Å². The summed E-state index contributed by atoms with van der Waals surface area (Å²) < 4.78 is 50.0. The third-order valence-electron chi connectivity index (χ3n) is 3.54. The van der Waals surface area contributed by atoms with Gasteiger partial charge in [-0.25, -0.2) is 0 Å². The van der Waals surface area contributed by atoms with Crippen molar-refractivity contribution < 1.29 is 27.4 Å². The monoisotopic (exact) mass is 371 g/mol. The fourth-order valence-corrected chi connectivity index (χ4v) is 2.34. The summed E-state index contributed by atoms with van der Waals surface area (Å²) in [7, 11) is 2.65. The first-order valence-corrected chi connectivity index (χ1v) is 7.37. The van der Waals surface area contributed by atoms with Crippen molar-refractivity contribution in [2.24, 2.45) is 5.73 Å². The summed E-state index contributed by atoms with van der Waals surface area (Å²) in [4.78, 5) is 24.0. The van der Waals surface area contributed by atoms with Crippen molar-refractivity contribution in [3.05, 3.63) is 51.3 Å². The molecule has 140 valence electrons. The predicted octanol–water partition coefficient (Wildman–Crippen LogP) is 1.55. The zero-order valence-corrected chi connectivity index (χ0v) is 14.0. The summed E-state index contributed by atoms with van der Waals surface area (Å²) >= 11 is 0. The van der Waals surface area contributed by atoms with E-state index in [1.165, 1.54) is 26.4 Å². The van der Waals surface area contributed by atoms with E-state index in [1.54, 1.807) is 0 Å². The molecule has 7 nitrogen and oxygen atoms in total. The van der Waals surface area contributed by atoms with Crippen LogP contribution in [0.3, 0.4) is 0 Å². The molecule has 1 aromatic heterocycles. The van der Waals surface area contributed by atoms with Crippen LogP contribution in [0, 0.1) is 0 Å². The zero-order valence-electron chi connectivity index (χ0n) is 14.0. The quantitative estimate of drug-likeness (QED) is 0.831. The highest BCUT2D eigenvalue weighted by Gasteiger charge is 2.31. The van der Waals surface area contributed by atoms with Crippen LogP contribution in [-0.4, -0.2) is 36.5 Å². The van der Waals surface area contributed by atoms with Crippen molar-refractivity contribution in [2.45, 2.75) is 12.6 Å². The van der Waals surface area contributed by atoms with Gasteiger partial charge in [-0.05, 0) is 18.2 Å². The minimum Gasteiger partial charge on any atom is -0.481 e. The van der Waals surface area contributed by atoms with Crippen LogP contribution in [0.1, 0.15) is 21.6 Å². The van der Waals surface area contributed by atoms with Crippen molar-refractivity contribution in [3.63, 3.8) is 0 Å². The molecule has 2 aromatic rings. The van der Waals surface area contributed by atoms with Crippen LogP contribution < -0.4 is 15.9 Å².